The van der Waals surface area contributed by atoms with Crippen LogP contribution in [0.1, 0.15) is 10.5 Å². The van der Waals surface area contributed by atoms with Gasteiger partial charge in [0.1, 0.15) is 5.69 Å². The molecule has 0 aliphatic carbocycles. The van der Waals surface area contributed by atoms with Crippen molar-refractivity contribution in [2.45, 2.75) is 0 Å². The average molecular weight is 414 g/mol. The number of nitrogens with one attached hydrogen (secondary N) is 2. The van der Waals surface area contributed by atoms with Gasteiger partial charge in [0.15, 0.2) is 0 Å². The predicted octanol–water partition coefficient (Wildman–Crippen LogP) is 1.44. The number of rotatable bonds is 2. The van der Waals surface area contributed by atoms with Gasteiger partial charge in [-0.1, -0.05) is 11.6 Å². The lowest BCUT2D eigenvalue weighted by Gasteiger charge is -2.36. The standard InChI is InChI=1S/C15H14BrClN4O3/c16-10-2-1-9(7-11(10)17)20-3-5-21(6-4-20)14(23)12-8-13(22)19-15(24)18-12/h1-2,7-8H,3-6H2,(H2,18,19,22,24). The van der Waals surface area contributed by atoms with Gasteiger partial charge in [-0.05, 0) is 34.1 Å². The number of carbonyl (C=O) groups is 1. The molecular formula is C15H14BrClN4O3. The Labute approximate surface area is 150 Å². The molecule has 3 rings (SSSR count). The van der Waals surface area contributed by atoms with Gasteiger partial charge in [-0.2, -0.15) is 0 Å². The van der Waals surface area contributed by atoms with Crippen molar-refractivity contribution in [3.63, 3.8) is 0 Å². The molecule has 0 radical (unpaired) electrons. The largest absolute Gasteiger partial charge is 0.368 e. The normalized spacial score (nSPS) is 14.8. The Kier molecular flexibility index (Phi) is 4.77. The van der Waals surface area contributed by atoms with Crippen LogP contribution >= 0.6 is 27.5 Å². The summed E-state index contributed by atoms with van der Waals surface area (Å²) in [5, 5.41) is 0.632. The van der Waals surface area contributed by atoms with E-state index in [-0.39, 0.29) is 11.6 Å². The molecule has 1 amide bonds. The summed E-state index contributed by atoms with van der Waals surface area (Å²) in [7, 11) is 0. The molecule has 1 saturated heterocycles. The Morgan fingerprint density at radius 1 is 1.08 bits per heavy atom. The highest BCUT2D eigenvalue weighted by molar-refractivity contribution is 9.10. The molecule has 2 heterocycles. The summed E-state index contributed by atoms with van der Waals surface area (Å²) < 4.78 is 0.833. The van der Waals surface area contributed by atoms with Gasteiger partial charge in [-0.3, -0.25) is 14.6 Å². The van der Waals surface area contributed by atoms with E-state index in [4.69, 9.17) is 11.6 Å². The van der Waals surface area contributed by atoms with Gasteiger partial charge in [0.2, 0.25) is 0 Å². The van der Waals surface area contributed by atoms with Crippen molar-refractivity contribution in [2.75, 3.05) is 31.1 Å². The van der Waals surface area contributed by atoms with Crippen LogP contribution in [0.25, 0.3) is 0 Å². The van der Waals surface area contributed by atoms with Crippen LogP contribution in [0.2, 0.25) is 5.02 Å². The van der Waals surface area contributed by atoms with Crippen molar-refractivity contribution in [1.82, 2.24) is 14.9 Å². The number of benzene rings is 1. The van der Waals surface area contributed by atoms with Gasteiger partial charge < -0.3 is 14.8 Å². The molecule has 126 valence electrons. The Morgan fingerprint density at radius 2 is 1.79 bits per heavy atom. The number of piperazine rings is 1. The highest BCUT2D eigenvalue weighted by Gasteiger charge is 2.23. The quantitative estimate of drug-likeness (QED) is 0.780. The number of carbonyl (C=O) groups excluding carboxylic acids is 1. The van der Waals surface area contributed by atoms with Crippen LogP contribution in [0.4, 0.5) is 5.69 Å². The van der Waals surface area contributed by atoms with Crippen LogP contribution in [0, 0.1) is 0 Å². The van der Waals surface area contributed by atoms with Gasteiger partial charge in [0.25, 0.3) is 11.5 Å². The number of aromatic amines is 2. The van der Waals surface area contributed by atoms with E-state index < -0.39 is 11.2 Å². The van der Waals surface area contributed by atoms with Gasteiger partial charge in [-0.25, -0.2) is 4.79 Å². The van der Waals surface area contributed by atoms with E-state index in [2.05, 4.69) is 25.8 Å². The summed E-state index contributed by atoms with van der Waals surface area (Å²) >= 11 is 9.48. The van der Waals surface area contributed by atoms with Crippen LogP contribution in [-0.2, 0) is 0 Å². The van der Waals surface area contributed by atoms with E-state index in [1.54, 1.807) is 4.90 Å². The highest BCUT2D eigenvalue weighted by atomic mass is 79.9. The van der Waals surface area contributed by atoms with Crippen molar-refractivity contribution in [3.05, 3.63) is 60.3 Å². The number of hydrogen-bond acceptors (Lipinski definition) is 4. The Hall–Kier alpha value is -2.06. The maximum atomic E-state index is 12.4. The summed E-state index contributed by atoms with van der Waals surface area (Å²) in [6.07, 6.45) is 0. The number of anilines is 1. The second-order valence-corrected chi connectivity index (χ2v) is 6.64. The third-order valence-corrected chi connectivity index (χ3v) is 5.06. The summed E-state index contributed by atoms with van der Waals surface area (Å²) in [4.78, 5) is 43.2. The van der Waals surface area contributed by atoms with Gasteiger partial charge in [0.05, 0.1) is 5.02 Å². The molecule has 24 heavy (non-hydrogen) atoms. The molecule has 0 unspecified atom stereocenters. The first-order valence-corrected chi connectivity index (χ1v) is 8.44. The van der Waals surface area contributed by atoms with E-state index in [0.29, 0.717) is 31.2 Å². The van der Waals surface area contributed by atoms with Crippen molar-refractivity contribution >= 4 is 39.1 Å². The number of amides is 1. The minimum atomic E-state index is -0.686. The topological polar surface area (TPSA) is 89.3 Å². The summed E-state index contributed by atoms with van der Waals surface area (Å²) in [5.41, 5.74) is -0.289. The third-order valence-electron chi connectivity index (χ3n) is 3.83. The zero-order chi connectivity index (χ0) is 17.3. The zero-order valence-corrected chi connectivity index (χ0v) is 14.9. The molecule has 2 aromatic rings. The molecule has 1 aliphatic heterocycles. The molecule has 0 atom stereocenters. The molecule has 1 aliphatic rings. The van der Waals surface area contributed by atoms with Crippen LogP contribution in [0.3, 0.4) is 0 Å². The molecule has 0 saturated carbocycles. The number of H-pyrrole nitrogens is 2. The second-order valence-electron chi connectivity index (χ2n) is 5.38. The van der Waals surface area contributed by atoms with E-state index in [1.165, 1.54) is 0 Å². The number of nitrogens with zero attached hydrogens (tertiary/aromatic N) is 2. The van der Waals surface area contributed by atoms with Crippen LogP contribution < -0.4 is 16.1 Å². The van der Waals surface area contributed by atoms with Crippen molar-refractivity contribution in [1.29, 1.82) is 0 Å². The number of aromatic nitrogens is 2. The summed E-state index contributed by atoms with van der Waals surface area (Å²) in [6, 6.07) is 6.82. The highest BCUT2D eigenvalue weighted by Crippen LogP contribution is 2.28. The molecular weight excluding hydrogens is 400 g/mol. The average Bonchev–Trinajstić information content (AvgIpc) is 2.56. The van der Waals surface area contributed by atoms with Crippen molar-refractivity contribution in [2.24, 2.45) is 0 Å². The van der Waals surface area contributed by atoms with Crippen LogP contribution in [-0.4, -0.2) is 47.0 Å². The first-order chi connectivity index (χ1) is 11.4. The second kappa shape index (κ2) is 6.82. The van der Waals surface area contributed by atoms with Gasteiger partial charge in [-0.15, -0.1) is 0 Å². The number of hydrogen-bond donors (Lipinski definition) is 2. The minimum absolute atomic E-state index is 0.00360. The van der Waals surface area contributed by atoms with Crippen LogP contribution in [0.5, 0.6) is 0 Å². The van der Waals surface area contributed by atoms with Gasteiger partial charge >= 0.3 is 5.69 Å². The monoisotopic (exact) mass is 412 g/mol. The maximum Gasteiger partial charge on any atom is 0.326 e. The third kappa shape index (κ3) is 3.54. The number of halogens is 2. The van der Waals surface area contributed by atoms with E-state index in [0.717, 1.165) is 16.2 Å². The van der Waals surface area contributed by atoms with Gasteiger partial charge in [0, 0.05) is 42.4 Å². The molecule has 1 aromatic carbocycles. The molecule has 7 nitrogen and oxygen atoms in total. The summed E-state index contributed by atoms with van der Waals surface area (Å²) in [5.74, 6) is -0.355. The molecule has 1 fully saturated rings. The first-order valence-electron chi connectivity index (χ1n) is 7.27. The van der Waals surface area contributed by atoms with E-state index >= 15 is 0 Å². The Bertz CT molecular complexity index is 859. The smallest absolute Gasteiger partial charge is 0.326 e. The first kappa shape index (κ1) is 16.8. The molecule has 0 bridgehead atoms. The SMILES string of the molecule is O=C(c1cc(=O)[nH]c(=O)[nH]1)N1CCN(c2ccc(Br)c(Cl)c2)CC1. The fourth-order valence-corrected chi connectivity index (χ4v) is 3.03. The van der Waals surface area contributed by atoms with E-state index in [1.807, 2.05) is 23.2 Å². The molecule has 9 heteroatoms. The van der Waals surface area contributed by atoms with Crippen LogP contribution in [0.15, 0.2) is 38.3 Å². The molecule has 2 N–H and O–H groups in total. The minimum Gasteiger partial charge on any atom is -0.368 e. The summed E-state index contributed by atoms with van der Waals surface area (Å²) in [6.45, 7) is 2.25. The lowest BCUT2D eigenvalue weighted by atomic mass is 10.2. The zero-order valence-electron chi connectivity index (χ0n) is 12.5. The Morgan fingerprint density at radius 3 is 2.42 bits per heavy atom. The Balaban J connectivity index is 1.70. The molecule has 0 spiro atoms. The fourth-order valence-electron chi connectivity index (χ4n) is 2.60. The van der Waals surface area contributed by atoms with Crippen molar-refractivity contribution in [3.8, 4) is 0 Å². The van der Waals surface area contributed by atoms with E-state index in [9.17, 15) is 14.4 Å². The fraction of sp³-hybridized carbons (Fsp3) is 0.267. The maximum absolute atomic E-state index is 12.4. The lowest BCUT2D eigenvalue weighted by Crippen LogP contribution is -2.49. The lowest BCUT2D eigenvalue weighted by molar-refractivity contribution is 0.0740. The molecule has 1 aromatic heterocycles. The predicted molar refractivity (Wildman–Crippen MR) is 95.0 cm³/mol. The van der Waals surface area contributed by atoms with Crippen molar-refractivity contribution < 1.29 is 4.79 Å².